The maximum Gasteiger partial charge on any atom is 0.295 e. The van der Waals surface area contributed by atoms with E-state index < -0.39 is 0 Å². The van der Waals surface area contributed by atoms with Gasteiger partial charge in [0.1, 0.15) is 0 Å². The fourth-order valence-electron chi connectivity index (χ4n) is 2.60. The largest absolute Gasteiger partial charge is 0.368 e. The summed E-state index contributed by atoms with van der Waals surface area (Å²) in [7, 11) is 1.64. The molecule has 0 bridgehead atoms. The molecule has 1 amide bonds. The number of carbonyl (C=O) groups is 1. The van der Waals surface area contributed by atoms with Crippen molar-refractivity contribution in [3.8, 4) is 0 Å². The molecule has 0 radical (unpaired) electrons. The second-order valence-electron chi connectivity index (χ2n) is 5.27. The van der Waals surface area contributed by atoms with Crippen LogP contribution >= 0.6 is 11.6 Å². The molecule has 1 aromatic carbocycles. The second-order valence-corrected chi connectivity index (χ2v) is 5.67. The predicted octanol–water partition coefficient (Wildman–Crippen LogP) is 1.13. The normalized spacial score (nSPS) is 15.2. The Labute approximate surface area is 133 Å². The first-order valence-electron chi connectivity index (χ1n) is 7.09. The van der Waals surface area contributed by atoms with Crippen LogP contribution in [0.4, 0.5) is 5.69 Å². The Morgan fingerprint density at radius 2 is 1.95 bits per heavy atom. The second kappa shape index (κ2) is 5.92. The molecule has 8 heteroatoms. The Hall–Kier alpha value is -2.15. The summed E-state index contributed by atoms with van der Waals surface area (Å²) in [5.74, 6) is -0.0227. The van der Waals surface area contributed by atoms with Crippen molar-refractivity contribution < 1.29 is 4.79 Å². The molecule has 1 aromatic heterocycles. The lowest BCUT2D eigenvalue weighted by Gasteiger charge is -2.36. The molecule has 116 valence electrons. The zero-order valence-corrected chi connectivity index (χ0v) is 13.3. The van der Waals surface area contributed by atoms with Crippen molar-refractivity contribution in [1.29, 1.82) is 0 Å². The van der Waals surface area contributed by atoms with Crippen LogP contribution in [0.3, 0.4) is 0 Å². The number of hydrogen-bond donors (Lipinski definition) is 0. The molecule has 2 heterocycles. The average molecular weight is 321 g/mol. The van der Waals surface area contributed by atoms with Crippen LogP contribution in [0.1, 0.15) is 16.2 Å². The number of hydrogen-bond acceptors (Lipinski definition) is 5. The highest BCUT2D eigenvalue weighted by Gasteiger charge is 2.25. The number of aryl methyl sites for hydroxylation is 1. The van der Waals surface area contributed by atoms with Crippen molar-refractivity contribution in [3.05, 3.63) is 34.6 Å². The molecule has 0 atom stereocenters. The van der Waals surface area contributed by atoms with E-state index >= 15 is 0 Å². The molecule has 22 heavy (non-hydrogen) atoms. The lowest BCUT2D eigenvalue weighted by atomic mass is 10.1. The van der Waals surface area contributed by atoms with Gasteiger partial charge in [-0.2, -0.15) is 4.80 Å². The van der Waals surface area contributed by atoms with Gasteiger partial charge in [-0.1, -0.05) is 17.7 Å². The monoisotopic (exact) mass is 320 g/mol. The van der Waals surface area contributed by atoms with E-state index in [0.717, 1.165) is 29.4 Å². The van der Waals surface area contributed by atoms with Gasteiger partial charge < -0.3 is 9.80 Å². The molecule has 0 aliphatic carbocycles. The van der Waals surface area contributed by atoms with Crippen LogP contribution in [-0.4, -0.2) is 57.2 Å². The fraction of sp³-hybridized carbons (Fsp3) is 0.429. The molecular formula is C14H17ClN6O. The minimum absolute atomic E-state index is 0.148. The van der Waals surface area contributed by atoms with Gasteiger partial charge in [0.05, 0.1) is 7.05 Å². The number of anilines is 1. The van der Waals surface area contributed by atoms with E-state index in [1.54, 1.807) is 11.9 Å². The molecule has 1 fully saturated rings. The molecular weight excluding hydrogens is 304 g/mol. The summed E-state index contributed by atoms with van der Waals surface area (Å²) in [6.07, 6.45) is 0. The minimum Gasteiger partial charge on any atom is -0.368 e. The first-order chi connectivity index (χ1) is 10.6. The van der Waals surface area contributed by atoms with Gasteiger partial charge in [0, 0.05) is 36.9 Å². The van der Waals surface area contributed by atoms with E-state index in [9.17, 15) is 4.79 Å². The Morgan fingerprint density at radius 1 is 1.23 bits per heavy atom. The number of benzene rings is 1. The lowest BCUT2D eigenvalue weighted by molar-refractivity contribution is 0.0734. The van der Waals surface area contributed by atoms with Gasteiger partial charge in [-0.05, 0) is 29.8 Å². The number of nitrogens with zero attached hydrogens (tertiary/aromatic N) is 6. The van der Waals surface area contributed by atoms with Gasteiger partial charge in [0.2, 0.25) is 0 Å². The van der Waals surface area contributed by atoms with Crippen LogP contribution in [0.5, 0.6) is 0 Å². The molecule has 2 aromatic rings. The molecule has 0 unspecified atom stereocenters. The maximum absolute atomic E-state index is 12.3. The zero-order valence-electron chi connectivity index (χ0n) is 12.5. The van der Waals surface area contributed by atoms with Crippen molar-refractivity contribution in [2.24, 2.45) is 7.05 Å². The first-order valence-corrected chi connectivity index (χ1v) is 7.47. The van der Waals surface area contributed by atoms with Gasteiger partial charge in [-0.25, -0.2) is 0 Å². The Morgan fingerprint density at radius 3 is 2.59 bits per heavy atom. The summed E-state index contributed by atoms with van der Waals surface area (Å²) < 4.78 is 0. The van der Waals surface area contributed by atoms with E-state index in [1.807, 2.05) is 19.1 Å². The standard InChI is InChI=1S/C14H17ClN6O/c1-10-11(15)4-3-5-12(10)20-6-8-21(9-7-20)14(22)13-16-18-19(2)17-13/h3-5H,6-9H2,1-2H3. The van der Waals surface area contributed by atoms with Crippen molar-refractivity contribution in [3.63, 3.8) is 0 Å². The van der Waals surface area contributed by atoms with Crippen LogP contribution in [0.15, 0.2) is 18.2 Å². The third-order valence-electron chi connectivity index (χ3n) is 3.85. The number of amides is 1. The average Bonchev–Trinajstić information content (AvgIpc) is 2.96. The highest BCUT2D eigenvalue weighted by atomic mass is 35.5. The summed E-state index contributed by atoms with van der Waals surface area (Å²) >= 11 is 6.18. The summed E-state index contributed by atoms with van der Waals surface area (Å²) in [4.78, 5) is 17.6. The summed E-state index contributed by atoms with van der Waals surface area (Å²) in [6, 6.07) is 5.90. The Bertz CT molecular complexity index is 692. The number of halogens is 1. The molecule has 0 spiro atoms. The molecule has 1 aliphatic heterocycles. The molecule has 1 aliphatic rings. The topological polar surface area (TPSA) is 67.2 Å². The SMILES string of the molecule is Cc1c(Cl)cccc1N1CCN(C(=O)c2nnn(C)n2)CC1. The summed E-state index contributed by atoms with van der Waals surface area (Å²) in [5.41, 5.74) is 2.19. The van der Waals surface area contributed by atoms with E-state index in [0.29, 0.717) is 13.1 Å². The van der Waals surface area contributed by atoms with Crippen molar-refractivity contribution in [2.45, 2.75) is 6.92 Å². The first kappa shape index (κ1) is 14.8. The zero-order chi connectivity index (χ0) is 15.7. The predicted molar refractivity (Wildman–Crippen MR) is 83.1 cm³/mol. The van der Waals surface area contributed by atoms with E-state index in [4.69, 9.17) is 11.6 Å². The molecule has 1 saturated heterocycles. The van der Waals surface area contributed by atoms with E-state index in [-0.39, 0.29) is 11.7 Å². The van der Waals surface area contributed by atoms with Crippen molar-refractivity contribution >= 4 is 23.2 Å². The molecule has 7 nitrogen and oxygen atoms in total. The quantitative estimate of drug-likeness (QED) is 0.830. The number of carbonyl (C=O) groups excluding carboxylic acids is 1. The van der Waals surface area contributed by atoms with Gasteiger partial charge in [-0.3, -0.25) is 4.79 Å². The van der Waals surface area contributed by atoms with Gasteiger partial charge in [0.25, 0.3) is 11.7 Å². The van der Waals surface area contributed by atoms with Crippen LogP contribution in [0.25, 0.3) is 0 Å². The van der Waals surface area contributed by atoms with Crippen LogP contribution < -0.4 is 4.90 Å². The highest BCUT2D eigenvalue weighted by Crippen LogP contribution is 2.27. The fourth-order valence-corrected chi connectivity index (χ4v) is 2.77. The minimum atomic E-state index is -0.171. The highest BCUT2D eigenvalue weighted by molar-refractivity contribution is 6.31. The summed E-state index contributed by atoms with van der Waals surface area (Å²) in [6.45, 7) is 4.78. The summed E-state index contributed by atoms with van der Waals surface area (Å²) in [5, 5.41) is 12.2. The third-order valence-corrected chi connectivity index (χ3v) is 4.26. The Kier molecular flexibility index (Phi) is 3.98. The number of tetrazole rings is 1. The van der Waals surface area contributed by atoms with Gasteiger partial charge in [-0.15, -0.1) is 10.2 Å². The smallest absolute Gasteiger partial charge is 0.295 e. The van der Waals surface area contributed by atoms with Crippen molar-refractivity contribution in [1.82, 2.24) is 25.1 Å². The van der Waals surface area contributed by atoms with Crippen LogP contribution in [0, 0.1) is 6.92 Å². The lowest BCUT2D eigenvalue weighted by Crippen LogP contribution is -2.49. The van der Waals surface area contributed by atoms with E-state index in [1.165, 1.54) is 4.80 Å². The van der Waals surface area contributed by atoms with Crippen LogP contribution in [0.2, 0.25) is 5.02 Å². The third kappa shape index (κ3) is 2.76. The Balaban J connectivity index is 1.67. The maximum atomic E-state index is 12.3. The molecule has 0 N–H and O–H groups in total. The number of aromatic nitrogens is 4. The van der Waals surface area contributed by atoms with Gasteiger partial charge >= 0.3 is 0 Å². The number of piperazine rings is 1. The van der Waals surface area contributed by atoms with Crippen LogP contribution in [-0.2, 0) is 7.05 Å². The van der Waals surface area contributed by atoms with Gasteiger partial charge in [0.15, 0.2) is 0 Å². The van der Waals surface area contributed by atoms with E-state index in [2.05, 4.69) is 26.4 Å². The van der Waals surface area contributed by atoms with Crippen molar-refractivity contribution in [2.75, 3.05) is 31.1 Å². The number of rotatable bonds is 2. The molecule has 3 rings (SSSR count). The molecule has 0 saturated carbocycles.